The van der Waals surface area contributed by atoms with E-state index in [2.05, 4.69) is 5.32 Å². The van der Waals surface area contributed by atoms with Gasteiger partial charge in [-0.3, -0.25) is 14.4 Å². The number of rotatable bonds is 5. The number of ether oxygens (including phenoxy) is 2. The molecule has 0 radical (unpaired) electrons. The molecule has 0 unspecified atom stereocenters. The lowest BCUT2D eigenvalue weighted by molar-refractivity contribution is -0.116. The molecule has 3 amide bonds. The van der Waals surface area contributed by atoms with Crippen molar-refractivity contribution in [3.8, 4) is 11.5 Å². The van der Waals surface area contributed by atoms with Crippen LogP contribution in [0.5, 0.6) is 11.5 Å². The van der Waals surface area contributed by atoms with E-state index in [0.29, 0.717) is 54.6 Å². The lowest BCUT2D eigenvalue weighted by atomic mass is 10.2. The van der Waals surface area contributed by atoms with Crippen LogP contribution in [0.25, 0.3) is 0 Å². The molecule has 1 saturated heterocycles. The minimum atomic E-state index is -0.262. The van der Waals surface area contributed by atoms with Crippen LogP contribution in [0.15, 0.2) is 66.9 Å². The minimum Gasteiger partial charge on any atom is -0.454 e. The third-order valence-corrected chi connectivity index (χ3v) is 5.89. The Morgan fingerprint density at radius 2 is 1.50 bits per heavy atom. The maximum Gasteiger partial charge on any atom is 0.270 e. The van der Waals surface area contributed by atoms with Crippen LogP contribution in [-0.4, -0.2) is 65.1 Å². The summed E-state index contributed by atoms with van der Waals surface area (Å²) in [5, 5.41) is 2.83. The first-order chi connectivity index (χ1) is 16.6. The molecule has 3 aromatic rings. The van der Waals surface area contributed by atoms with E-state index in [1.807, 2.05) is 18.2 Å². The number of hydrogen-bond donors (Lipinski definition) is 1. The van der Waals surface area contributed by atoms with Crippen molar-refractivity contribution in [1.82, 2.24) is 14.4 Å². The van der Waals surface area contributed by atoms with Gasteiger partial charge in [-0.2, -0.15) is 0 Å². The Bertz CT molecular complexity index is 1220. The molecular weight excluding hydrogens is 436 g/mol. The molecule has 9 heteroatoms. The molecule has 1 fully saturated rings. The molecular formula is C25H24N4O5. The van der Waals surface area contributed by atoms with Gasteiger partial charge in [-0.25, -0.2) is 0 Å². The molecule has 0 bridgehead atoms. The Labute approximate surface area is 196 Å². The van der Waals surface area contributed by atoms with Crippen LogP contribution in [0, 0.1) is 0 Å². The van der Waals surface area contributed by atoms with Gasteiger partial charge in [0.2, 0.25) is 12.7 Å². The van der Waals surface area contributed by atoms with E-state index in [1.165, 1.54) is 0 Å². The Balaban J connectivity index is 1.18. The number of carbonyl (C=O) groups excluding carboxylic acids is 3. The molecule has 34 heavy (non-hydrogen) atoms. The Morgan fingerprint density at radius 1 is 0.794 bits per heavy atom. The largest absolute Gasteiger partial charge is 0.454 e. The zero-order valence-corrected chi connectivity index (χ0v) is 18.5. The van der Waals surface area contributed by atoms with Crippen LogP contribution in [0.4, 0.5) is 5.69 Å². The van der Waals surface area contributed by atoms with Gasteiger partial charge in [-0.05, 0) is 36.4 Å². The Morgan fingerprint density at radius 3 is 2.26 bits per heavy atom. The molecule has 0 aliphatic carbocycles. The van der Waals surface area contributed by atoms with Crippen LogP contribution in [0.2, 0.25) is 0 Å². The van der Waals surface area contributed by atoms with Crippen molar-refractivity contribution in [1.29, 1.82) is 0 Å². The predicted octanol–water partition coefficient (Wildman–Crippen LogP) is 2.45. The number of carbonyl (C=O) groups is 3. The van der Waals surface area contributed by atoms with Gasteiger partial charge in [0.25, 0.3) is 11.8 Å². The molecule has 0 atom stereocenters. The van der Waals surface area contributed by atoms with Crippen LogP contribution in [-0.2, 0) is 11.3 Å². The molecule has 9 nitrogen and oxygen atoms in total. The van der Waals surface area contributed by atoms with Crippen molar-refractivity contribution in [3.63, 3.8) is 0 Å². The molecule has 5 rings (SSSR count). The predicted molar refractivity (Wildman–Crippen MR) is 124 cm³/mol. The Kier molecular flexibility index (Phi) is 5.90. The molecule has 2 aliphatic rings. The fraction of sp³-hybridized carbons (Fsp3) is 0.240. The number of anilines is 1. The smallest absolute Gasteiger partial charge is 0.270 e. The number of nitrogens with zero attached hydrogens (tertiary/aromatic N) is 3. The lowest BCUT2D eigenvalue weighted by Gasteiger charge is -2.35. The van der Waals surface area contributed by atoms with Gasteiger partial charge in [-0.1, -0.05) is 18.2 Å². The zero-order valence-electron chi connectivity index (χ0n) is 18.5. The van der Waals surface area contributed by atoms with Crippen molar-refractivity contribution >= 4 is 23.4 Å². The van der Waals surface area contributed by atoms with Gasteiger partial charge in [0.05, 0.1) is 0 Å². The summed E-state index contributed by atoms with van der Waals surface area (Å²) in [5.41, 5.74) is 1.67. The Hall–Kier alpha value is -4.27. The number of nitrogens with one attached hydrogen (secondary N) is 1. The number of fused-ring (bicyclic) bond motifs is 1. The SMILES string of the molecule is O=C(Cn1cccc1C(=O)N1CCN(C(=O)c2ccccc2)CC1)Nc1ccc2c(c1)OCO2. The van der Waals surface area contributed by atoms with Crippen LogP contribution < -0.4 is 14.8 Å². The van der Waals surface area contributed by atoms with Crippen molar-refractivity contribution in [2.75, 3.05) is 38.3 Å². The number of piperazine rings is 1. The summed E-state index contributed by atoms with van der Waals surface area (Å²) in [6.45, 7) is 1.96. The van der Waals surface area contributed by atoms with E-state index in [1.54, 1.807) is 63.0 Å². The van der Waals surface area contributed by atoms with Gasteiger partial charge in [-0.15, -0.1) is 0 Å². The topological polar surface area (TPSA) is 93.1 Å². The average molecular weight is 460 g/mol. The third-order valence-electron chi connectivity index (χ3n) is 5.89. The third kappa shape index (κ3) is 4.45. The van der Waals surface area contributed by atoms with Gasteiger partial charge < -0.3 is 29.2 Å². The van der Waals surface area contributed by atoms with Gasteiger partial charge in [0.1, 0.15) is 12.2 Å². The maximum atomic E-state index is 13.1. The summed E-state index contributed by atoms with van der Waals surface area (Å²) in [6.07, 6.45) is 1.71. The second-order valence-corrected chi connectivity index (χ2v) is 8.09. The molecule has 1 aromatic heterocycles. The highest BCUT2D eigenvalue weighted by Crippen LogP contribution is 2.34. The summed E-state index contributed by atoms with van der Waals surface area (Å²) in [5.74, 6) is 0.771. The second kappa shape index (κ2) is 9.30. The summed E-state index contributed by atoms with van der Waals surface area (Å²) < 4.78 is 12.3. The van der Waals surface area contributed by atoms with E-state index in [9.17, 15) is 14.4 Å². The molecule has 0 saturated carbocycles. The van der Waals surface area contributed by atoms with Crippen LogP contribution >= 0.6 is 0 Å². The quantitative estimate of drug-likeness (QED) is 0.632. The maximum absolute atomic E-state index is 13.1. The summed E-state index contributed by atoms with van der Waals surface area (Å²) >= 11 is 0. The number of benzene rings is 2. The van der Waals surface area contributed by atoms with Crippen LogP contribution in [0.1, 0.15) is 20.8 Å². The molecule has 2 aromatic carbocycles. The first-order valence-corrected chi connectivity index (χ1v) is 11.1. The number of amides is 3. The molecule has 1 N–H and O–H groups in total. The van der Waals surface area contributed by atoms with E-state index >= 15 is 0 Å². The van der Waals surface area contributed by atoms with E-state index in [-0.39, 0.29) is 31.1 Å². The molecule has 2 aliphatic heterocycles. The number of aromatic nitrogens is 1. The standard InChI is InChI=1S/C25H24N4O5/c30-23(26-19-8-9-21-22(15-19)34-17-33-21)16-29-10-4-7-20(29)25(32)28-13-11-27(12-14-28)24(31)18-5-2-1-3-6-18/h1-10,15H,11-14,16-17H2,(H,26,30). The van der Waals surface area contributed by atoms with E-state index in [0.717, 1.165) is 0 Å². The fourth-order valence-electron chi connectivity index (χ4n) is 4.11. The summed E-state index contributed by atoms with van der Waals surface area (Å²) in [6, 6.07) is 17.8. The summed E-state index contributed by atoms with van der Waals surface area (Å²) in [7, 11) is 0. The first-order valence-electron chi connectivity index (χ1n) is 11.1. The highest BCUT2D eigenvalue weighted by molar-refractivity contribution is 5.96. The van der Waals surface area contributed by atoms with Crippen molar-refractivity contribution in [2.45, 2.75) is 6.54 Å². The van der Waals surface area contributed by atoms with E-state index < -0.39 is 0 Å². The zero-order chi connectivity index (χ0) is 23.5. The minimum absolute atomic E-state index is 0.00499. The molecule has 174 valence electrons. The van der Waals surface area contributed by atoms with Gasteiger partial charge in [0.15, 0.2) is 11.5 Å². The van der Waals surface area contributed by atoms with Crippen molar-refractivity contribution < 1.29 is 23.9 Å². The number of hydrogen-bond acceptors (Lipinski definition) is 5. The van der Waals surface area contributed by atoms with Gasteiger partial charge >= 0.3 is 0 Å². The average Bonchev–Trinajstić information content (AvgIpc) is 3.53. The highest BCUT2D eigenvalue weighted by Gasteiger charge is 2.27. The van der Waals surface area contributed by atoms with Crippen LogP contribution in [0.3, 0.4) is 0 Å². The van der Waals surface area contributed by atoms with Crippen molar-refractivity contribution in [3.05, 3.63) is 78.1 Å². The monoisotopic (exact) mass is 460 g/mol. The van der Waals surface area contributed by atoms with Gasteiger partial charge in [0, 0.05) is 49.7 Å². The first kappa shape index (κ1) is 21.6. The van der Waals surface area contributed by atoms with E-state index in [4.69, 9.17) is 9.47 Å². The lowest BCUT2D eigenvalue weighted by Crippen LogP contribution is -2.51. The van der Waals surface area contributed by atoms with Crippen molar-refractivity contribution in [2.24, 2.45) is 0 Å². The normalized spacial score (nSPS) is 14.7. The molecule has 0 spiro atoms. The second-order valence-electron chi connectivity index (χ2n) is 8.09. The molecule has 3 heterocycles. The highest BCUT2D eigenvalue weighted by atomic mass is 16.7. The summed E-state index contributed by atoms with van der Waals surface area (Å²) in [4.78, 5) is 41.9. The fourth-order valence-corrected chi connectivity index (χ4v) is 4.11.